The molecule has 0 nitrogen and oxygen atoms in total. The second-order valence-corrected chi connectivity index (χ2v) is 10.4. The molecule has 1 aromatic rings. The zero-order valence-electron chi connectivity index (χ0n) is 20.4. The van der Waals surface area contributed by atoms with E-state index >= 15 is 0 Å². The molecule has 30 heavy (non-hydrogen) atoms. The Morgan fingerprint density at radius 1 is 1.00 bits per heavy atom. The Labute approximate surface area is 188 Å². The summed E-state index contributed by atoms with van der Waals surface area (Å²) in [6.07, 6.45) is 12.8. The fraction of sp³-hybridized carbons (Fsp3) is 0.600. The molecule has 0 heteroatoms. The summed E-state index contributed by atoms with van der Waals surface area (Å²) in [7, 11) is 0. The van der Waals surface area contributed by atoms with Crippen LogP contribution in [0.25, 0.3) is 5.57 Å². The third-order valence-electron chi connectivity index (χ3n) is 7.01. The summed E-state index contributed by atoms with van der Waals surface area (Å²) < 4.78 is 0. The number of fused-ring (bicyclic) bond motifs is 1. The first-order valence-electron chi connectivity index (χ1n) is 11.8. The summed E-state index contributed by atoms with van der Waals surface area (Å²) in [6.45, 7) is 23.0. The van der Waals surface area contributed by atoms with Gasteiger partial charge in [-0.3, -0.25) is 0 Å². The van der Waals surface area contributed by atoms with Crippen molar-refractivity contribution in [3.05, 3.63) is 65.3 Å². The fourth-order valence-electron chi connectivity index (χ4n) is 4.90. The van der Waals surface area contributed by atoms with Crippen LogP contribution in [0.4, 0.5) is 0 Å². The average molecular weight is 409 g/mol. The largest absolute Gasteiger partial charge is 0.0984 e. The van der Waals surface area contributed by atoms with E-state index in [0.29, 0.717) is 11.8 Å². The number of hydrogen-bond acceptors (Lipinski definition) is 0. The SMILES string of the molecule is C.C=CC1=C(/C=C\CC)C(CC(C)CC)(CC(C)CC)c2cc(C(C)(C)C)ccc21. The average Bonchev–Trinajstić information content (AvgIpc) is 2.93. The van der Waals surface area contributed by atoms with Crippen LogP contribution in [-0.4, -0.2) is 0 Å². The lowest BCUT2D eigenvalue weighted by Gasteiger charge is -2.38. The summed E-state index contributed by atoms with van der Waals surface area (Å²) >= 11 is 0. The molecule has 2 atom stereocenters. The highest BCUT2D eigenvalue weighted by Crippen LogP contribution is 2.55. The Hall–Kier alpha value is -1.56. The zero-order chi connectivity index (χ0) is 21.8. The first-order chi connectivity index (χ1) is 13.6. The van der Waals surface area contributed by atoms with Gasteiger partial charge in [0.05, 0.1) is 0 Å². The lowest BCUT2D eigenvalue weighted by atomic mass is 9.65. The van der Waals surface area contributed by atoms with Crippen LogP contribution < -0.4 is 0 Å². The van der Waals surface area contributed by atoms with Crippen LogP contribution in [0.1, 0.15) is 112 Å². The maximum Gasteiger partial charge on any atom is 0.0220 e. The molecule has 1 aliphatic rings. The van der Waals surface area contributed by atoms with Crippen molar-refractivity contribution >= 4 is 5.57 Å². The third kappa shape index (κ3) is 5.19. The first kappa shape index (κ1) is 26.5. The van der Waals surface area contributed by atoms with Gasteiger partial charge in [-0.05, 0) is 64.3 Å². The maximum atomic E-state index is 4.24. The van der Waals surface area contributed by atoms with E-state index in [1.807, 2.05) is 0 Å². The van der Waals surface area contributed by atoms with Crippen LogP contribution in [0.2, 0.25) is 0 Å². The van der Waals surface area contributed by atoms with Crippen molar-refractivity contribution in [3.63, 3.8) is 0 Å². The summed E-state index contributed by atoms with van der Waals surface area (Å²) in [4.78, 5) is 0. The van der Waals surface area contributed by atoms with Crippen molar-refractivity contribution in [1.82, 2.24) is 0 Å². The van der Waals surface area contributed by atoms with E-state index in [1.165, 1.54) is 48.0 Å². The molecule has 0 aromatic heterocycles. The summed E-state index contributed by atoms with van der Waals surface area (Å²) in [5, 5.41) is 0. The molecule has 0 radical (unpaired) electrons. The third-order valence-corrected chi connectivity index (χ3v) is 7.01. The Morgan fingerprint density at radius 2 is 1.57 bits per heavy atom. The van der Waals surface area contributed by atoms with Crippen molar-refractivity contribution in [2.75, 3.05) is 0 Å². The monoisotopic (exact) mass is 408 g/mol. The number of hydrogen-bond donors (Lipinski definition) is 0. The summed E-state index contributed by atoms with van der Waals surface area (Å²) in [6, 6.07) is 7.25. The second-order valence-electron chi connectivity index (χ2n) is 10.4. The number of allylic oxidation sites excluding steroid dienone is 5. The van der Waals surface area contributed by atoms with Crippen LogP contribution in [0.3, 0.4) is 0 Å². The minimum atomic E-state index is 0. The minimum absolute atomic E-state index is 0. The molecule has 1 aromatic carbocycles. The van der Waals surface area contributed by atoms with Crippen LogP contribution in [-0.2, 0) is 10.8 Å². The predicted octanol–water partition coefficient (Wildman–Crippen LogP) is 9.65. The molecular weight excluding hydrogens is 360 g/mol. The molecule has 2 rings (SSSR count). The molecule has 0 heterocycles. The van der Waals surface area contributed by atoms with Gasteiger partial charge < -0.3 is 0 Å². The quantitative estimate of drug-likeness (QED) is 0.381. The van der Waals surface area contributed by atoms with Gasteiger partial charge in [0.1, 0.15) is 0 Å². The smallest absolute Gasteiger partial charge is 0.0220 e. The van der Waals surface area contributed by atoms with Crippen molar-refractivity contribution in [1.29, 1.82) is 0 Å². The van der Waals surface area contributed by atoms with Crippen molar-refractivity contribution in [3.8, 4) is 0 Å². The second kappa shape index (κ2) is 10.7. The molecule has 0 N–H and O–H groups in total. The molecule has 0 amide bonds. The maximum absolute atomic E-state index is 4.24. The summed E-state index contributed by atoms with van der Waals surface area (Å²) in [5.74, 6) is 1.39. The van der Waals surface area contributed by atoms with Gasteiger partial charge in [0.25, 0.3) is 0 Å². The van der Waals surface area contributed by atoms with E-state index in [0.717, 1.165) is 6.42 Å². The van der Waals surface area contributed by atoms with Gasteiger partial charge in [-0.1, -0.05) is 119 Å². The normalized spacial score (nSPS) is 20.8. The van der Waals surface area contributed by atoms with Gasteiger partial charge >= 0.3 is 0 Å². The van der Waals surface area contributed by atoms with Gasteiger partial charge in [0.2, 0.25) is 0 Å². The summed E-state index contributed by atoms with van der Waals surface area (Å²) in [5.41, 5.74) is 7.53. The Balaban J connectivity index is 0.00000450. The molecule has 0 aliphatic heterocycles. The van der Waals surface area contributed by atoms with Crippen LogP contribution in [0, 0.1) is 11.8 Å². The fourth-order valence-corrected chi connectivity index (χ4v) is 4.90. The zero-order valence-corrected chi connectivity index (χ0v) is 20.4. The van der Waals surface area contributed by atoms with E-state index in [2.05, 4.69) is 98.4 Å². The topological polar surface area (TPSA) is 0 Å². The van der Waals surface area contributed by atoms with Gasteiger partial charge in [-0.15, -0.1) is 0 Å². The van der Waals surface area contributed by atoms with Gasteiger partial charge in [0.15, 0.2) is 0 Å². The molecule has 0 saturated heterocycles. The van der Waals surface area contributed by atoms with Crippen LogP contribution in [0.15, 0.2) is 48.6 Å². The first-order valence-corrected chi connectivity index (χ1v) is 11.8. The molecule has 0 spiro atoms. The van der Waals surface area contributed by atoms with Gasteiger partial charge in [-0.25, -0.2) is 0 Å². The standard InChI is InChI=1S/C29H44.CH4/c1-10-14-15-26-24(13-4)25-17-16-23(28(7,8)9)18-27(25)29(26,19-21(5)11-2)20-22(6)12-3;/h13-18,21-22H,4,10-12,19-20H2,1-3,5-9H3;1H4/b15-14-;. The van der Waals surface area contributed by atoms with E-state index in [4.69, 9.17) is 0 Å². The van der Waals surface area contributed by atoms with Crippen molar-refractivity contribution in [2.24, 2.45) is 11.8 Å². The van der Waals surface area contributed by atoms with E-state index in [-0.39, 0.29) is 18.3 Å². The van der Waals surface area contributed by atoms with E-state index in [9.17, 15) is 0 Å². The highest BCUT2D eigenvalue weighted by molar-refractivity contribution is 5.88. The van der Waals surface area contributed by atoms with Crippen molar-refractivity contribution in [2.45, 2.75) is 106 Å². The molecule has 0 fully saturated rings. The highest BCUT2D eigenvalue weighted by Gasteiger charge is 2.44. The predicted molar refractivity (Wildman–Crippen MR) is 138 cm³/mol. The molecule has 1 aliphatic carbocycles. The molecule has 0 bridgehead atoms. The molecule has 168 valence electrons. The van der Waals surface area contributed by atoms with Crippen LogP contribution in [0.5, 0.6) is 0 Å². The van der Waals surface area contributed by atoms with Gasteiger partial charge in [-0.2, -0.15) is 0 Å². The van der Waals surface area contributed by atoms with Crippen LogP contribution >= 0.6 is 0 Å². The Morgan fingerprint density at radius 3 is 2.00 bits per heavy atom. The van der Waals surface area contributed by atoms with E-state index < -0.39 is 0 Å². The molecule has 0 saturated carbocycles. The number of rotatable bonds is 9. The van der Waals surface area contributed by atoms with Crippen molar-refractivity contribution < 1.29 is 0 Å². The van der Waals surface area contributed by atoms with E-state index in [1.54, 1.807) is 5.56 Å². The lowest BCUT2D eigenvalue weighted by Crippen LogP contribution is -2.31. The Kier molecular flexibility index (Phi) is 9.40. The molecular formula is C30H48. The molecule has 2 unspecified atom stereocenters. The lowest BCUT2D eigenvalue weighted by molar-refractivity contribution is 0.306. The van der Waals surface area contributed by atoms with Gasteiger partial charge in [0, 0.05) is 5.41 Å². The minimum Gasteiger partial charge on any atom is -0.0984 e. The Bertz CT molecular complexity index is 754. The highest BCUT2D eigenvalue weighted by atomic mass is 14.5. The number of benzene rings is 1.